The quantitative estimate of drug-likeness (QED) is 0.731. The fourth-order valence-electron chi connectivity index (χ4n) is 2.58. The summed E-state index contributed by atoms with van der Waals surface area (Å²) in [6.45, 7) is 7.45. The fraction of sp³-hybridized carbons (Fsp3) is 0.647. The molecule has 1 aliphatic rings. The third-order valence-corrected chi connectivity index (χ3v) is 4.06. The lowest BCUT2D eigenvalue weighted by atomic mass is 10.0. The number of carbonyl (C=O) groups is 1. The van der Waals surface area contributed by atoms with E-state index in [9.17, 15) is 4.79 Å². The van der Waals surface area contributed by atoms with Gasteiger partial charge in [-0.2, -0.15) is 0 Å². The minimum absolute atomic E-state index is 0.0869. The van der Waals surface area contributed by atoms with Crippen LogP contribution in [0.15, 0.2) is 22.9 Å². The number of aromatic nitrogens is 1. The van der Waals surface area contributed by atoms with Crippen LogP contribution in [0.1, 0.15) is 45.6 Å². The second-order valence-corrected chi connectivity index (χ2v) is 7.64. The number of amides is 1. The predicted molar refractivity (Wildman–Crippen MR) is 92.2 cm³/mol. The summed E-state index contributed by atoms with van der Waals surface area (Å²) in [6, 6.07) is 3.95. The molecule has 1 aliphatic heterocycles. The van der Waals surface area contributed by atoms with Gasteiger partial charge in [-0.3, -0.25) is 0 Å². The monoisotopic (exact) mass is 384 g/mol. The number of halogens is 1. The number of rotatable bonds is 4. The molecular formula is C17H25BrN2O3. The van der Waals surface area contributed by atoms with Crippen molar-refractivity contribution in [1.29, 1.82) is 0 Å². The van der Waals surface area contributed by atoms with Gasteiger partial charge in [0.25, 0.3) is 0 Å². The first kappa shape index (κ1) is 18.2. The minimum atomic E-state index is -0.469. The molecule has 1 aromatic rings. The van der Waals surface area contributed by atoms with Crippen molar-refractivity contribution in [3.05, 3.63) is 28.5 Å². The summed E-state index contributed by atoms with van der Waals surface area (Å²) in [5, 5.41) is 0. The van der Waals surface area contributed by atoms with E-state index in [1.54, 1.807) is 6.20 Å². The van der Waals surface area contributed by atoms with E-state index in [4.69, 9.17) is 9.47 Å². The molecule has 1 fully saturated rings. The number of likely N-dealkylation sites (tertiary alicyclic amines) is 1. The van der Waals surface area contributed by atoms with Gasteiger partial charge in [0.2, 0.25) is 0 Å². The average molecular weight is 385 g/mol. The molecule has 0 bridgehead atoms. The maximum absolute atomic E-state index is 12.3. The molecule has 1 amide bonds. The molecule has 1 atom stereocenters. The van der Waals surface area contributed by atoms with Gasteiger partial charge in [0, 0.05) is 12.7 Å². The van der Waals surface area contributed by atoms with Crippen molar-refractivity contribution in [1.82, 2.24) is 9.88 Å². The second kappa shape index (κ2) is 8.11. The number of ether oxygens (including phenoxy) is 2. The van der Waals surface area contributed by atoms with E-state index in [1.165, 1.54) is 0 Å². The summed E-state index contributed by atoms with van der Waals surface area (Å²) in [4.78, 5) is 18.3. The molecule has 1 aromatic heterocycles. The highest BCUT2D eigenvalue weighted by molar-refractivity contribution is 9.10. The Hall–Kier alpha value is -1.14. The molecule has 1 unspecified atom stereocenters. The van der Waals surface area contributed by atoms with Gasteiger partial charge in [0.1, 0.15) is 10.2 Å². The zero-order valence-corrected chi connectivity index (χ0v) is 15.6. The van der Waals surface area contributed by atoms with Crippen LogP contribution < -0.4 is 0 Å². The topological polar surface area (TPSA) is 51.7 Å². The number of piperidine rings is 1. The molecule has 0 N–H and O–H groups in total. The first-order valence-corrected chi connectivity index (χ1v) is 8.82. The Kier molecular flexibility index (Phi) is 6.41. The van der Waals surface area contributed by atoms with Gasteiger partial charge in [-0.15, -0.1) is 0 Å². The standard InChI is InChI=1S/C17H25BrN2O3/c1-17(2,3)23-16(21)20-9-5-4-6-14(20)12-22-11-13-7-8-19-15(18)10-13/h7-8,10,14H,4-6,9,11-12H2,1-3H3. The maximum Gasteiger partial charge on any atom is 0.410 e. The molecular weight excluding hydrogens is 360 g/mol. The van der Waals surface area contributed by atoms with Crippen molar-refractivity contribution in [3.8, 4) is 0 Å². The van der Waals surface area contributed by atoms with Gasteiger partial charge in [-0.05, 0) is 73.7 Å². The van der Waals surface area contributed by atoms with Gasteiger partial charge < -0.3 is 14.4 Å². The van der Waals surface area contributed by atoms with Crippen molar-refractivity contribution in [2.75, 3.05) is 13.2 Å². The molecule has 23 heavy (non-hydrogen) atoms. The lowest BCUT2D eigenvalue weighted by Crippen LogP contribution is -2.48. The van der Waals surface area contributed by atoms with Crippen LogP contribution in [-0.4, -0.2) is 40.8 Å². The maximum atomic E-state index is 12.3. The molecule has 0 aromatic carbocycles. The van der Waals surface area contributed by atoms with Crippen LogP contribution >= 0.6 is 15.9 Å². The zero-order valence-electron chi connectivity index (χ0n) is 14.0. The van der Waals surface area contributed by atoms with Gasteiger partial charge in [0.15, 0.2) is 0 Å². The predicted octanol–water partition coefficient (Wildman–Crippen LogP) is 4.15. The van der Waals surface area contributed by atoms with Crippen LogP contribution in [-0.2, 0) is 16.1 Å². The lowest BCUT2D eigenvalue weighted by Gasteiger charge is -2.36. The molecule has 2 rings (SSSR count). The molecule has 0 spiro atoms. The Morgan fingerprint density at radius 3 is 2.91 bits per heavy atom. The van der Waals surface area contributed by atoms with E-state index in [0.29, 0.717) is 13.2 Å². The third kappa shape index (κ3) is 6.11. The molecule has 5 nitrogen and oxygen atoms in total. The molecule has 0 aliphatic carbocycles. The first-order chi connectivity index (χ1) is 10.8. The van der Waals surface area contributed by atoms with Crippen LogP contribution in [0, 0.1) is 0 Å². The highest BCUT2D eigenvalue weighted by Gasteiger charge is 2.30. The Bertz CT molecular complexity index is 531. The van der Waals surface area contributed by atoms with Gasteiger partial charge in [-0.25, -0.2) is 9.78 Å². The van der Waals surface area contributed by atoms with Crippen LogP contribution in [0.4, 0.5) is 4.79 Å². The summed E-state index contributed by atoms with van der Waals surface area (Å²) in [6.07, 6.45) is 4.61. The van der Waals surface area contributed by atoms with Crippen molar-refractivity contribution >= 4 is 22.0 Å². The van der Waals surface area contributed by atoms with Crippen molar-refractivity contribution in [2.24, 2.45) is 0 Å². The van der Waals surface area contributed by atoms with E-state index in [1.807, 2.05) is 37.8 Å². The molecule has 128 valence electrons. The largest absolute Gasteiger partial charge is 0.444 e. The van der Waals surface area contributed by atoms with Crippen molar-refractivity contribution in [3.63, 3.8) is 0 Å². The SMILES string of the molecule is CC(C)(C)OC(=O)N1CCCCC1COCc1ccnc(Br)c1. The number of pyridine rings is 1. The van der Waals surface area contributed by atoms with Crippen LogP contribution in [0.2, 0.25) is 0 Å². The summed E-state index contributed by atoms with van der Waals surface area (Å²) < 4.78 is 12.1. The van der Waals surface area contributed by atoms with Crippen LogP contribution in [0.3, 0.4) is 0 Å². The minimum Gasteiger partial charge on any atom is -0.444 e. The average Bonchev–Trinajstić information content (AvgIpc) is 2.46. The molecule has 1 saturated heterocycles. The Balaban J connectivity index is 1.87. The van der Waals surface area contributed by atoms with Crippen LogP contribution in [0.25, 0.3) is 0 Å². The van der Waals surface area contributed by atoms with Gasteiger partial charge >= 0.3 is 6.09 Å². The molecule has 2 heterocycles. The fourth-order valence-corrected chi connectivity index (χ4v) is 2.99. The highest BCUT2D eigenvalue weighted by atomic mass is 79.9. The van der Waals surface area contributed by atoms with E-state index in [2.05, 4.69) is 20.9 Å². The molecule has 0 saturated carbocycles. The number of nitrogens with zero attached hydrogens (tertiary/aromatic N) is 2. The van der Waals surface area contributed by atoms with E-state index in [0.717, 1.165) is 36.0 Å². The van der Waals surface area contributed by atoms with Gasteiger partial charge in [0.05, 0.1) is 19.3 Å². The zero-order chi connectivity index (χ0) is 16.9. The van der Waals surface area contributed by atoms with Crippen molar-refractivity contribution < 1.29 is 14.3 Å². The smallest absolute Gasteiger partial charge is 0.410 e. The van der Waals surface area contributed by atoms with Crippen LogP contribution in [0.5, 0.6) is 0 Å². The summed E-state index contributed by atoms with van der Waals surface area (Å²) in [5.74, 6) is 0. The van der Waals surface area contributed by atoms with Crippen molar-refractivity contribution in [2.45, 2.75) is 58.3 Å². The third-order valence-electron chi connectivity index (χ3n) is 3.63. The molecule has 6 heteroatoms. The number of carbonyl (C=O) groups excluding carboxylic acids is 1. The summed E-state index contributed by atoms with van der Waals surface area (Å²) >= 11 is 3.35. The first-order valence-electron chi connectivity index (χ1n) is 8.03. The summed E-state index contributed by atoms with van der Waals surface area (Å²) in [5.41, 5.74) is 0.593. The Labute approximate surface area is 146 Å². The van der Waals surface area contributed by atoms with Gasteiger partial charge in [-0.1, -0.05) is 0 Å². The summed E-state index contributed by atoms with van der Waals surface area (Å²) in [7, 11) is 0. The molecule has 0 radical (unpaired) electrons. The van der Waals surface area contributed by atoms with E-state index >= 15 is 0 Å². The van der Waals surface area contributed by atoms with E-state index in [-0.39, 0.29) is 12.1 Å². The second-order valence-electron chi connectivity index (χ2n) is 6.83. The highest BCUT2D eigenvalue weighted by Crippen LogP contribution is 2.21. The Morgan fingerprint density at radius 2 is 2.22 bits per heavy atom. The Morgan fingerprint density at radius 1 is 1.43 bits per heavy atom. The number of hydrogen-bond donors (Lipinski definition) is 0. The number of hydrogen-bond acceptors (Lipinski definition) is 4. The normalized spacial score (nSPS) is 18.8. The lowest BCUT2D eigenvalue weighted by molar-refractivity contribution is -0.00997. The van der Waals surface area contributed by atoms with E-state index < -0.39 is 5.60 Å².